The fourth-order valence-corrected chi connectivity index (χ4v) is 3.37. The molecule has 0 saturated heterocycles. The van der Waals surface area contributed by atoms with Crippen LogP contribution in [0, 0.1) is 5.92 Å². The van der Waals surface area contributed by atoms with E-state index in [1.165, 1.54) is 19.5 Å². The first-order valence-corrected chi connectivity index (χ1v) is 10.6. The van der Waals surface area contributed by atoms with Gasteiger partial charge in [-0.25, -0.2) is 19.5 Å². The van der Waals surface area contributed by atoms with Crippen molar-refractivity contribution in [2.75, 3.05) is 7.11 Å². The zero-order valence-corrected chi connectivity index (χ0v) is 19.6. The van der Waals surface area contributed by atoms with E-state index in [1.54, 1.807) is 13.8 Å². The molecule has 0 saturated carbocycles. The summed E-state index contributed by atoms with van der Waals surface area (Å²) in [6.07, 6.45) is -6.38. The van der Waals surface area contributed by atoms with Crippen LogP contribution in [-0.2, 0) is 26.6 Å². The van der Waals surface area contributed by atoms with Crippen molar-refractivity contribution in [1.82, 2.24) is 14.8 Å². The highest BCUT2D eigenvalue weighted by Gasteiger charge is 2.37. The Kier molecular flexibility index (Phi) is 7.60. The number of halogens is 6. The number of alkyl halides is 6. The lowest BCUT2D eigenvalue weighted by Crippen LogP contribution is -2.21. The molecule has 1 atom stereocenters. The van der Waals surface area contributed by atoms with Gasteiger partial charge in [-0.1, -0.05) is 6.92 Å². The summed E-state index contributed by atoms with van der Waals surface area (Å²) in [6.45, 7) is 5.12. The molecule has 1 aromatic carbocycles. The van der Waals surface area contributed by atoms with Crippen LogP contribution in [0.15, 0.2) is 46.9 Å². The Morgan fingerprint density at radius 2 is 1.72 bits per heavy atom. The fraction of sp³-hybridized carbons (Fsp3) is 0.391. The second kappa shape index (κ2) is 10.2. The highest BCUT2D eigenvalue weighted by molar-refractivity contribution is 5.97. The first-order chi connectivity index (χ1) is 16.7. The first kappa shape index (κ1) is 27.0. The van der Waals surface area contributed by atoms with E-state index >= 15 is 0 Å². The Morgan fingerprint density at radius 1 is 1.11 bits per heavy atom. The summed E-state index contributed by atoms with van der Waals surface area (Å²) in [4.78, 5) is 20.8. The molecule has 1 aliphatic rings. The maximum atomic E-state index is 13.2. The SMILES string of the molecule is COC1=NC=C(/C(=C\n2cnc(-c3cc(C(F)(F)F)cc(C(F)(F)F)c3)n2)C(=O)OC(C)C)C(C)C1. The number of rotatable bonds is 5. The van der Waals surface area contributed by atoms with Crippen LogP contribution < -0.4 is 0 Å². The predicted molar refractivity (Wildman–Crippen MR) is 117 cm³/mol. The monoisotopic (exact) mass is 516 g/mol. The van der Waals surface area contributed by atoms with Crippen LogP contribution in [0.4, 0.5) is 26.3 Å². The van der Waals surface area contributed by atoms with Crippen molar-refractivity contribution >= 4 is 18.1 Å². The third kappa shape index (κ3) is 6.32. The van der Waals surface area contributed by atoms with Gasteiger partial charge in [0.15, 0.2) is 11.7 Å². The lowest BCUT2D eigenvalue weighted by atomic mass is 9.90. The molecule has 0 bridgehead atoms. The zero-order chi connectivity index (χ0) is 26.8. The van der Waals surface area contributed by atoms with Crippen LogP contribution in [0.1, 0.15) is 38.3 Å². The number of methoxy groups -OCH3 is 1. The minimum Gasteiger partial charge on any atom is -0.484 e. The van der Waals surface area contributed by atoms with Crippen LogP contribution in [0.5, 0.6) is 0 Å². The molecule has 1 aromatic heterocycles. The molecule has 2 aromatic rings. The summed E-state index contributed by atoms with van der Waals surface area (Å²) in [5.41, 5.74) is -2.94. The quantitative estimate of drug-likeness (QED) is 0.288. The number of ether oxygens (including phenoxy) is 2. The van der Waals surface area contributed by atoms with Gasteiger partial charge in [-0.15, -0.1) is 5.10 Å². The number of carbonyl (C=O) groups is 1. The van der Waals surface area contributed by atoms with Gasteiger partial charge < -0.3 is 9.47 Å². The maximum Gasteiger partial charge on any atom is 0.416 e. The van der Waals surface area contributed by atoms with Crippen molar-refractivity contribution in [1.29, 1.82) is 0 Å². The van der Waals surface area contributed by atoms with Crippen molar-refractivity contribution in [3.05, 3.63) is 53.0 Å². The van der Waals surface area contributed by atoms with Crippen LogP contribution in [0.3, 0.4) is 0 Å². The lowest BCUT2D eigenvalue weighted by Gasteiger charge is -2.22. The Labute approximate surface area is 202 Å². The highest BCUT2D eigenvalue weighted by Crippen LogP contribution is 2.38. The third-order valence-electron chi connectivity index (χ3n) is 5.08. The van der Waals surface area contributed by atoms with E-state index in [0.717, 1.165) is 11.0 Å². The molecular formula is C23H22F6N4O3. The number of hydrogen-bond acceptors (Lipinski definition) is 6. The van der Waals surface area contributed by atoms with Crippen molar-refractivity contribution in [3.8, 4) is 11.4 Å². The molecule has 0 amide bonds. The number of hydrogen-bond donors (Lipinski definition) is 0. The summed E-state index contributed by atoms with van der Waals surface area (Å²) in [5, 5.41) is 3.98. The first-order valence-electron chi connectivity index (χ1n) is 10.6. The minimum absolute atomic E-state index is 0.0200. The molecule has 1 unspecified atom stereocenters. The van der Waals surface area contributed by atoms with Gasteiger partial charge in [0.1, 0.15) is 6.33 Å². The van der Waals surface area contributed by atoms with E-state index in [4.69, 9.17) is 9.47 Å². The van der Waals surface area contributed by atoms with Gasteiger partial charge in [-0.2, -0.15) is 26.3 Å². The normalized spacial score (nSPS) is 17.1. The van der Waals surface area contributed by atoms with E-state index in [1.807, 2.05) is 6.92 Å². The van der Waals surface area contributed by atoms with Crippen molar-refractivity contribution < 1.29 is 40.6 Å². The Morgan fingerprint density at radius 3 is 2.22 bits per heavy atom. The maximum absolute atomic E-state index is 13.2. The van der Waals surface area contributed by atoms with Gasteiger partial charge in [0.25, 0.3) is 0 Å². The zero-order valence-electron chi connectivity index (χ0n) is 19.6. The largest absolute Gasteiger partial charge is 0.484 e. The number of aliphatic imine (C=N–C) groups is 1. The van der Waals surface area contributed by atoms with E-state index in [-0.39, 0.29) is 17.6 Å². The second-order valence-electron chi connectivity index (χ2n) is 8.26. The molecule has 1 aliphatic heterocycles. The average molecular weight is 516 g/mol. The van der Waals surface area contributed by atoms with E-state index in [0.29, 0.717) is 30.0 Å². The predicted octanol–water partition coefficient (Wildman–Crippen LogP) is 5.74. The van der Waals surface area contributed by atoms with Gasteiger partial charge in [0, 0.05) is 24.4 Å². The van der Waals surface area contributed by atoms with Crippen LogP contribution in [-0.4, -0.2) is 39.8 Å². The standard InChI is InChI=1S/C23H22F6N4O3/c1-12(2)36-21(34)18(17-9-30-19(35-4)5-13(17)3)10-33-11-31-20(32-33)14-6-15(22(24,25)26)8-16(7-14)23(27,28)29/h6-13H,5H2,1-4H3/b18-10+. The van der Waals surface area contributed by atoms with Crippen LogP contribution >= 0.6 is 0 Å². The average Bonchev–Trinajstić information content (AvgIpc) is 3.24. The topological polar surface area (TPSA) is 78.6 Å². The second-order valence-corrected chi connectivity index (χ2v) is 8.26. The molecule has 194 valence electrons. The number of carbonyl (C=O) groups excluding carboxylic acids is 1. The molecule has 36 heavy (non-hydrogen) atoms. The molecule has 0 spiro atoms. The van der Waals surface area contributed by atoms with E-state index < -0.39 is 46.9 Å². The Hall–Kier alpha value is -3.64. The smallest absolute Gasteiger partial charge is 0.416 e. The summed E-state index contributed by atoms with van der Waals surface area (Å²) < 4.78 is 90.8. The summed E-state index contributed by atoms with van der Waals surface area (Å²) >= 11 is 0. The highest BCUT2D eigenvalue weighted by atomic mass is 19.4. The van der Waals surface area contributed by atoms with Crippen molar-refractivity contribution in [2.24, 2.45) is 10.9 Å². The Bertz CT molecular complexity index is 1190. The Balaban J connectivity index is 2.08. The van der Waals surface area contributed by atoms with Gasteiger partial charge in [-0.3, -0.25) is 0 Å². The molecule has 0 radical (unpaired) electrons. The molecule has 2 heterocycles. The minimum atomic E-state index is -5.02. The molecule has 0 aliphatic carbocycles. The molecule has 3 rings (SSSR count). The number of benzene rings is 1. The van der Waals surface area contributed by atoms with Crippen molar-refractivity contribution in [2.45, 2.75) is 45.6 Å². The third-order valence-corrected chi connectivity index (χ3v) is 5.08. The van der Waals surface area contributed by atoms with Crippen LogP contribution in [0.25, 0.3) is 17.6 Å². The molecule has 0 fully saturated rings. The van der Waals surface area contributed by atoms with Gasteiger partial charge in [-0.05, 0) is 43.5 Å². The number of nitrogens with zero attached hydrogens (tertiary/aromatic N) is 4. The van der Waals surface area contributed by atoms with Gasteiger partial charge >= 0.3 is 18.3 Å². The summed E-state index contributed by atoms with van der Waals surface area (Å²) in [6, 6.07) is 1.07. The molecule has 7 nitrogen and oxygen atoms in total. The molecule has 0 N–H and O–H groups in total. The number of aromatic nitrogens is 3. The molecular weight excluding hydrogens is 494 g/mol. The van der Waals surface area contributed by atoms with E-state index in [2.05, 4.69) is 15.1 Å². The van der Waals surface area contributed by atoms with E-state index in [9.17, 15) is 31.1 Å². The number of esters is 1. The molecule has 13 heteroatoms. The van der Waals surface area contributed by atoms with Crippen LogP contribution in [0.2, 0.25) is 0 Å². The summed E-state index contributed by atoms with van der Waals surface area (Å²) in [5.74, 6) is -0.875. The van der Waals surface area contributed by atoms with Gasteiger partial charge in [0.2, 0.25) is 0 Å². The van der Waals surface area contributed by atoms with Gasteiger partial charge in [0.05, 0.1) is 29.9 Å². The van der Waals surface area contributed by atoms with Crippen molar-refractivity contribution in [3.63, 3.8) is 0 Å². The fourth-order valence-electron chi connectivity index (χ4n) is 3.37. The summed E-state index contributed by atoms with van der Waals surface area (Å²) in [7, 11) is 1.46. The lowest BCUT2D eigenvalue weighted by molar-refractivity contribution is -0.144.